The molecule has 1 aliphatic heterocycles. The molecule has 0 unspecified atom stereocenters. The maximum Gasteiger partial charge on any atom is 0.258 e. The van der Waals surface area contributed by atoms with Crippen molar-refractivity contribution in [2.45, 2.75) is 25.3 Å². The normalized spacial score (nSPS) is 17.1. The zero-order valence-corrected chi connectivity index (χ0v) is 17.8. The highest BCUT2D eigenvalue weighted by atomic mass is 32.1. The Morgan fingerprint density at radius 2 is 2.00 bits per heavy atom. The quantitative estimate of drug-likeness (QED) is 0.488. The topological polar surface area (TPSA) is 96.1 Å². The van der Waals surface area contributed by atoms with Crippen LogP contribution in [0.1, 0.15) is 18.4 Å². The summed E-state index contributed by atoms with van der Waals surface area (Å²) >= 11 is 1.67. The number of aromatic nitrogens is 1. The van der Waals surface area contributed by atoms with Crippen molar-refractivity contribution in [1.29, 1.82) is 0 Å². The molecule has 2 heterocycles. The Morgan fingerprint density at radius 3 is 2.67 bits per heavy atom. The number of hydrogen-bond acceptors (Lipinski definition) is 6. The van der Waals surface area contributed by atoms with Crippen molar-refractivity contribution in [1.82, 2.24) is 15.2 Å². The lowest BCUT2D eigenvalue weighted by atomic mass is 10.1. The second kappa shape index (κ2) is 9.80. The molecule has 1 aromatic carbocycles. The molecule has 2 fully saturated rings. The molecular weight excluding hydrogens is 400 g/mol. The summed E-state index contributed by atoms with van der Waals surface area (Å²) in [7, 11) is 0. The van der Waals surface area contributed by atoms with Gasteiger partial charge in [-0.05, 0) is 37.0 Å². The minimum Gasteiger partial charge on any atom is -0.484 e. The van der Waals surface area contributed by atoms with Crippen LogP contribution < -0.4 is 20.7 Å². The van der Waals surface area contributed by atoms with Gasteiger partial charge in [-0.25, -0.2) is 4.98 Å². The number of aliphatic imine (C=N–C) groups is 1. The van der Waals surface area contributed by atoms with Gasteiger partial charge in [-0.2, -0.15) is 0 Å². The first-order chi connectivity index (χ1) is 14.7. The van der Waals surface area contributed by atoms with Crippen LogP contribution in [0.2, 0.25) is 0 Å². The molecule has 0 spiro atoms. The number of thiazole rings is 1. The van der Waals surface area contributed by atoms with Crippen molar-refractivity contribution in [3.05, 3.63) is 41.4 Å². The average Bonchev–Trinajstić information content (AvgIpc) is 3.41. The zero-order valence-electron chi connectivity index (χ0n) is 17.0. The number of nitrogens with one attached hydrogen (secondary N) is 1. The average molecular weight is 429 g/mol. The summed E-state index contributed by atoms with van der Waals surface area (Å²) in [5, 5.41) is 5.98. The molecule has 1 saturated carbocycles. The number of carbonyl (C=O) groups excluding carboxylic acids is 1. The molecule has 3 N–H and O–H groups in total. The van der Waals surface area contributed by atoms with Crippen molar-refractivity contribution in [3.63, 3.8) is 0 Å². The lowest BCUT2D eigenvalue weighted by molar-refractivity contribution is -0.123. The van der Waals surface area contributed by atoms with Gasteiger partial charge in [0.1, 0.15) is 5.75 Å². The van der Waals surface area contributed by atoms with E-state index in [1.54, 1.807) is 11.3 Å². The number of benzene rings is 1. The van der Waals surface area contributed by atoms with Gasteiger partial charge >= 0.3 is 0 Å². The van der Waals surface area contributed by atoms with Crippen molar-refractivity contribution >= 4 is 28.3 Å². The van der Waals surface area contributed by atoms with E-state index in [1.165, 1.54) is 0 Å². The second-order valence-electron chi connectivity index (χ2n) is 7.55. The van der Waals surface area contributed by atoms with E-state index in [2.05, 4.69) is 25.1 Å². The number of rotatable bonds is 8. The molecule has 1 aliphatic carbocycles. The summed E-state index contributed by atoms with van der Waals surface area (Å²) in [5.41, 5.74) is 7.36. The van der Waals surface area contributed by atoms with E-state index in [-0.39, 0.29) is 12.5 Å². The first-order valence-corrected chi connectivity index (χ1v) is 11.3. The van der Waals surface area contributed by atoms with Crippen molar-refractivity contribution < 1.29 is 9.53 Å². The molecule has 2 aromatic rings. The molecule has 0 atom stereocenters. The summed E-state index contributed by atoms with van der Waals surface area (Å²) in [6.07, 6.45) is 4.81. The highest BCUT2D eigenvalue weighted by Gasteiger charge is 2.23. The van der Waals surface area contributed by atoms with Gasteiger partial charge in [0.15, 0.2) is 17.7 Å². The molecule has 1 amide bonds. The number of nitrogens with two attached hydrogens (primary N) is 1. The van der Waals surface area contributed by atoms with Gasteiger partial charge in [-0.3, -0.25) is 9.79 Å². The zero-order chi connectivity index (χ0) is 20.8. The summed E-state index contributed by atoms with van der Waals surface area (Å²) in [6, 6.07) is 8.16. The van der Waals surface area contributed by atoms with E-state index >= 15 is 0 Å². The Hall–Kier alpha value is -2.81. The van der Waals surface area contributed by atoms with Gasteiger partial charge < -0.3 is 25.6 Å². The maximum atomic E-state index is 11.7. The number of hydrogen-bond donors (Lipinski definition) is 2. The van der Waals surface area contributed by atoms with E-state index < -0.39 is 0 Å². The molecule has 30 heavy (non-hydrogen) atoms. The van der Waals surface area contributed by atoms with E-state index in [4.69, 9.17) is 10.5 Å². The first kappa shape index (κ1) is 20.5. The summed E-state index contributed by atoms with van der Waals surface area (Å²) in [5.74, 6) is 1.25. The van der Waals surface area contributed by atoms with Gasteiger partial charge in [-0.15, -0.1) is 11.3 Å². The fourth-order valence-corrected chi connectivity index (χ4v) is 3.99. The van der Waals surface area contributed by atoms with Crippen LogP contribution in [0.3, 0.4) is 0 Å². The summed E-state index contributed by atoms with van der Waals surface area (Å²) in [4.78, 5) is 25.0. The monoisotopic (exact) mass is 428 g/mol. The van der Waals surface area contributed by atoms with Crippen LogP contribution in [0, 0.1) is 0 Å². The molecule has 9 heteroatoms. The van der Waals surface area contributed by atoms with Crippen LogP contribution in [-0.2, 0) is 11.2 Å². The fraction of sp³-hybridized carbons (Fsp3) is 0.476. The largest absolute Gasteiger partial charge is 0.484 e. The van der Waals surface area contributed by atoms with Crippen LogP contribution in [0.5, 0.6) is 5.75 Å². The Kier molecular flexibility index (Phi) is 6.68. The predicted molar refractivity (Wildman–Crippen MR) is 119 cm³/mol. The Labute approximate surface area is 180 Å². The molecule has 4 rings (SSSR count). The number of anilines is 1. The minimum absolute atomic E-state index is 0.0566. The fourth-order valence-electron chi connectivity index (χ4n) is 3.30. The van der Waals surface area contributed by atoms with E-state index in [0.717, 1.165) is 56.1 Å². The molecule has 0 bridgehead atoms. The molecule has 0 radical (unpaired) electrons. The van der Waals surface area contributed by atoms with Crippen LogP contribution in [0.25, 0.3) is 0 Å². The SMILES string of the molecule is NC(=NCCc1ccc(OCC(=O)NC2CC2)cc1)N1CCN(c2nccs2)CC1. The second-order valence-corrected chi connectivity index (χ2v) is 8.43. The Bertz CT molecular complexity index is 843. The van der Waals surface area contributed by atoms with Crippen molar-refractivity contribution in [2.75, 3.05) is 44.2 Å². The van der Waals surface area contributed by atoms with E-state index in [1.807, 2.05) is 35.8 Å². The Balaban J connectivity index is 1.17. The van der Waals surface area contributed by atoms with Crippen molar-refractivity contribution in [3.8, 4) is 5.75 Å². The van der Waals surface area contributed by atoms with Gasteiger partial charge in [-0.1, -0.05) is 12.1 Å². The van der Waals surface area contributed by atoms with Crippen LogP contribution >= 0.6 is 11.3 Å². The third-order valence-electron chi connectivity index (χ3n) is 5.20. The summed E-state index contributed by atoms with van der Waals surface area (Å²) in [6.45, 7) is 4.23. The third kappa shape index (κ3) is 5.85. The Morgan fingerprint density at radius 1 is 1.23 bits per heavy atom. The smallest absolute Gasteiger partial charge is 0.258 e. The lowest BCUT2D eigenvalue weighted by Crippen LogP contribution is -2.51. The number of piperazine rings is 1. The van der Waals surface area contributed by atoms with Gasteiger partial charge in [0.2, 0.25) is 0 Å². The van der Waals surface area contributed by atoms with Crippen LogP contribution in [-0.4, -0.2) is 67.1 Å². The van der Waals surface area contributed by atoms with Crippen LogP contribution in [0.4, 0.5) is 5.13 Å². The molecular formula is C21H28N6O2S. The molecule has 160 valence electrons. The number of guanidine groups is 1. The number of amides is 1. The van der Waals surface area contributed by atoms with E-state index in [0.29, 0.717) is 24.3 Å². The lowest BCUT2D eigenvalue weighted by Gasteiger charge is -2.35. The highest BCUT2D eigenvalue weighted by molar-refractivity contribution is 7.13. The number of nitrogens with zero attached hydrogens (tertiary/aromatic N) is 4. The van der Waals surface area contributed by atoms with E-state index in [9.17, 15) is 4.79 Å². The molecule has 2 aliphatic rings. The standard InChI is InChI=1S/C21H28N6O2S/c22-20(26-10-12-27(13-11-26)21-24-9-14-30-21)23-8-7-16-1-5-18(6-2-16)29-15-19(28)25-17-3-4-17/h1-2,5-6,9,14,17H,3-4,7-8,10-13,15H2,(H2,22,23)(H,25,28). The van der Waals surface area contributed by atoms with Crippen LogP contribution in [0.15, 0.2) is 40.8 Å². The predicted octanol–water partition coefficient (Wildman–Crippen LogP) is 1.48. The summed E-state index contributed by atoms with van der Waals surface area (Å²) < 4.78 is 5.53. The van der Waals surface area contributed by atoms with Gasteiger partial charge in [0.25, 0.3) is 5.91 Å². The van der Waals surface area contributed by atoms with Gasteiger partial charge in [0, 0.05) is 50.3 Å². The van der Waals surface area contributed by atoms with Crippen molar-refractivity contribution in [2.24, 2.45) is 10.7 Å². The molecule has 8 nitrogen and oxygen atoms in total. The maximum absolute atomic E-state index is 11.7. The molecule has 1 aromatic heterocycles. The minimum atomic E-state index is -0.0566. The number of ether oxygens (including phenoxy) is 1. The first-order valence-electron chi connectivity index (χ1n) is 10.4. The number of carbonyl (C=O) groups is 1. The highest BCUT2D eigenvalue weighted by Crippen LogP contribution is 2.19. The third-order valence-corrected chi connectivity index (χ3v) is 6.04. The molecule has 1 saturated heterocycles. The van der Waals surface area contributed by atoms with Gasteiger partial charge in [0.05, 0.1) is 0 Å².